The van der Waals surface area contributed by atoms with Crippen LogP contribution < -0.4 is 5.32 Å². The number of rotatable bonds is 7. The normalized spacial score (nSPS) is 12.8. The molecule has 0 heterocycles. The van der Waals surface area contributed by atoms with Crippen molar-refractivity contribution in [2.24, 2.45) is 0 Å². The molecule has 0 aliphatic carbocycles. The van der Waals surface area contributed by atoms with Crippen molar-refractivity contribution in [2.45, 2.75) is 19.5 Å². The van der Waals surface area contributed by atoms with E-state index in [1.807, 2.05) is 0 Å². The highest BCUT2D eigenvalue weighted by Gasteiger charge is 2.21. The predicted molar refractivity (Wildman–Crippen MR) is 99.7 cm³/mol. The van der Waals surface area contributed by atoms with Crippen LogP contribution in [0.15, 0.2) is 48.5 Å². The Morgan fingerprint density at radius 1 is 1.15 bits per heavy atom. The first-order chi connectivity index (χ1) is 12.1. The summed E-state index contributed by atoms with van der Waals surface area (Å²) < 4.78 is 38.1. The van der Waals surface area contributed by atoms with Gasteiger partial charge in [-0.1, -0.05) is 35.9 Å². The van der Waals surface area contributed by atoms with Gasteiger partial charge in [0, 0.05) is 11.6 Å². The molecule has 26 heavy (non-hydrogen) atoms. The van der Waals surface area contributed by atoms with Crippen LogP contribution in [0.25, 0.3) is 0 Å². The third-order valence-corrected chi connectivity index (χ3v) is 5.26. The van der Waals surface area contributed by atoms with Crippen molar-refractivity contribution in [1.29, 1.82) is 0 Å². The van der Waals surface area contributed by atoms with Crippen molar-refractivity contribution in [2.75, 3.05) is 12.8 Å². The second kappa shape index (κ2) is 8.62. The third kappa shape index (κ3) is 6.09. The zero-order chi connectivity index (χ0) is 19.3. The Labute approximate surface area is 157 Å². The van der Waals surface area contributed by atoms with Crippen LogP contribution in [0.1, 0.15) is 24.1 Å². The first-order valence-corrected chi connectivity index (χ1v) is 10.1. The molecule has 2 aromatic rings. The molecule has 0 aliphatic rings. The summed E-state index contributed by atoms with van der Waals surface area (Å²) in [6.07, 6.45) is 1.06. The molecule has 0 fully saturated rings. The lowest BCUT2D eigenvalue weighted by Crippen LogP contribution is -2.40. The molecule has 0 aliphatic heterocycles. The molecule has 1 unspecified atom stereocenters. The Morgan fingerprint density at radius 3 is 2.27 bits per heavy atom. The minimum Gasteiger partial charge on any atom is -0.348 e. The summed E-state index contributed by atoms with van der Waals surface area (Å²) in [6, 6.07) is 12.1. The molecule has 8 heteroatoms. The lowest BCUT2D eigenvalue weighted by Gasteiger charge is -2.21. The highest BCUT2D eigenvalue weighted by molar-refractivity contribution is 7.88. The quantitative estimate of drug-likeness (QED) is 0.779. The summed E-state index contributed by atoms with van der Waals surface area (Å²) in [5, 5.41) is 3.27. The summed E-state index contributed by atoms with van der Waals surface area (Å²) in [7, 11) is -3.58. The molecule has 0 aromatic heterocycles. The predicted octanol–water partition coefficient (Wildman–Crippen LogP) is 3.12. The number of halogens is 2. The topological polar surface area (TPSA) is 66.5 Å². The Kier molecular flexibility index (Phi) is 6.75. The van der Waals surface area contributed by atoms with E-state index in [1.54, 1.807) is 43.3 Å². The average molecular weight is 399 g/mol. The van der Waals surface area contributed by atoms with E-state index in [4.69, 9.17) is 11.6 Å². The van der Waals surface area contributed by atoms with E-state index in [2.05, 4.69) is 5.32 Å². The number of nitrogens with one attached hydrogen (secondary N) is 1. The van der Waals surface area contributed by atoms with Gasteiger partial charge in [-0.15, -0.1) is 0 Å². The van der Waals surface area contributed by atoms with Crippen LogP contribution in [0.2, 0.25) is 5.02 Å². The molecule has 2 aromatic carbocycles. The molecule has 140 valence electrons. The third-order valence-electron chi connectivity index (χ3n) is 3.81. The maximum Gasteiger partial charge on any atom is 0.235 e. The number of hydrogen-bond donors (Lipinski definition) is 1. The van der Waals surface area contributed by atoms with Gasteiger partial charge in [0.25, 0.3) is 0 Å². The maximum absolute atomic E-state index is 13.0. The van der Waals surface area contributed by atoms with Crippen molar-refractivity contribution in [3.8, 4) is 0 Å². The largest absolute Gasteiger partial charge is 0.348 e. The van der Waals surface area contributed by atoms with Gasteiger partial charge in [0.2, 0.25) is 15.9 Å². The summed E-state index contributed by atoms with van der Waals surface area (Å²) in [6.45, 7) is 1.50. The smallest absolute Gasteiger partial charge is 0.235 e. The van der Waals surface area contributed by atoms with E-state index in [0.717, 1.165) is 21.7 Å². The standard InChI is InChI=1S/C18H20ClFN2O3S/c1-13(15-5-9-17(20)10-6-15)21-18(23)12-22(26(2,24)25)11-14-3-7-16(19)8-4-14/h3-10,13H,11-12H2,1-2H3,(H,21,23). The van der Waals surface area contributed by atoms with Crippen molar-refractivity contribution >= 4 is 27.5 Å². The van der Waals surface area contributed by atoms with Gasteiger partial charge in [0.05, 0.1) is 18.8 Å². The molecule has 0 saturated carbocycles. The molecule has 0 spiro atoms. The van der Waals surface area contributed by atoms with E-state index in [-0.39, 0.29) is 24.9 Å². The van der Waals surface area contributed by atoms with Crippen LogP contribution in [0, 0.1) is 5.82 Å². The lowest BCUT2D eigenvalue weighted by molar-refractivity contribution is -0.122. The second-order valence-corrected chi connectivity index (χ2v) is 8.42. The van der Waals surface area contributed by atoms with Gasteiger partial charge in [-0.3, -0.25) is 4.79 Å². The summed E-state index contributed by atoms with van der Waals surface area (Å²) >= 11 is 5.83. The number of sulfonamides is 1. The fourth-order valence-electron chi connectivity index (χ4n) is 2.37. The van der Waals surface area contributed by atoms with Gasteiger partial charge in [-0.05, 0) is 42.3 Å². The number of benzene rings is 2. The van der Waals surface area contributed by atoms with Crippen molar-refractivity contribution in [1.82, 2.24) is 9.62 Å². The van der Waals surface area contributed by atoms with E-state index in [0.29, 0.717) is 5.02 Å². The minimum atomic E-state index is -3.58. The van der Waals surface area contributed by atoms with E-state index in [9.17, 15) is 17.6 Å². The van der Waals surface area contributed by atoms with Gasteiger partial charge >= 0.3 is 0 Å². The Morgan fingerprint density at radius 2 is 1.73 bits per heavy atom. The van der Waals surface area contributed by atoms with Crippen LogP contribution >= 0.6 is 11.6 Å². The summed E-state index contributed by atoms with van der Waals surface area (Å²) in [4.78, 5) is 12.3. The Bertz CT molecular complexity index is 855. The van der Waals surface area contributed by atoms with Gasteiger partial charge in [0.15, 0.2) is 0 Å². The average Bonchev–Trinajstić information content (AvgIpc) is 2.56. The molecule has 2 rings (SSSR count). The number of carbonyl (C=O) groups is 1. The lowest BCUT2D eigenvalue weighted by atomic mass is 10.1. The van der Waals surface area contributed by atoms with Crippen LogP contribution in [0.4, 0.5) is 4.39 Å². The first-order valence-electron chi connectivity index (χ1n) is 7.89. The molecule has 0 bridgehead atoms. The van der Waals surface area contributed by atoms with Gasteiger partial charge in [0.1, 0.15) is 5.82 Å². The summed E-state index contributed by atoms with van der Waals surface area (Å²) in [5.74, 6) is -0.806. The SMILES string of the molecule is CC(NC(=O)CN(Cc1ccc(Cl)cc1)S(C)(=O)=O)c1ccc(F)cc1. The Balaban J connectivity index is 2.04. The Hall–Kier alpha value is -1.96. The highest BCUT2D eigenvalue weighted by atomic mass is 35.5. The molecule has 5 nitrogen and oxygen atoms in total. The molecule has 1 amide bonds. The van der Waals surface area contributed by atoms with E-state index in [1.165, 1.54) is 12.1 Å². The molecule has 0 saturated heterocycles. The first kappa shape index (κ1) is 20.4. The van der Waals surface area contributed by atoms with Crippen molar-refractivity contribution in [3.63, 3.8) is 0 Å². The second-order valence-electron chi connectivity index (χ2n) is 6.00. The van der Waals surface area contributed by atoms with E-state index >= 15 is 0 Å². The summed E-state index contributed by atoms with van der Waals surface area (Å²) in [5.41, 5.74) is 1.45. The maximum atomic E-state index is 13.0. The molecular formula is C18H20ClFN2O3S. The molecule has 0 radical (unpaired) electrons. The van der Waals surface area contributed by atoms with Crippen LogP contribution in [-0.2, 0) is 21.4 Å². The van der Waals surface area contributed by atoms with Crippen LogP contribution in [0.5, 0.6) is 0 Å². The zero-order valence-corrected chi connectivity index (χ0v) is 16.0. The fraction of sp³-hybridized carbons (Fsp3) is 0.278. The monoisotopic (exact) mass is 398 g/mol. The van der Waals surface area contributed by atoms with E-state index < -0.39 is 15.9 Å². The minimum absolute atomic E-state index is 0.0638. The van der Waals surface area contributed by atoms with Gasteiger partial charge < -0.3 is 5.32 Å². The number of carbonyl (C=O) groups excluding carboxylic acids is 1. The van der Waals surface area contributed by atoms with Gasteiger partial charge in [-0.25, -0.2) is 12.8 Å². The van der Waals surface area contributed by atoms with Crippen LogP contribution in [0.3, 0.4) is 0 Å². The highest BCUT2D eigenvalue weighted by Crippen LogP contribution is 2.15. The fourth-order valence-corrected chi connectivity index (χ4v) is 3.23. The number of hydrogen-bond acceptors (Lipinski definition) is 3. The number of nitrogens with zero attached hydrogens (tertiary/aromatic N) is 1. The molecule has 1 N–H and O–H groups in total. The van der Waals surface area contributed by atoms with Crippen molar-refractivity contribution < 1.29 is 17.6 Å². The van der Waals surface area contributed by atoms with Crippen LogP contribution in [-0.4, -0.2) is 31.4 Å². The number of amides is 1. The zero-order valence-electron chi connectivity index (χ0n) is 14.4. The molecular weight excluding hydrogens is 379 g/mol. The molecule has 1 atom stereocenters. The van der Waals surface area contributed by atoms with Gasteiger partial charge in [-0.2, -0.15) is 4.31 Å². The van der Waals surface area contributed by atoms with Crippen molar-refractivity contribution in [3.05, 3.63) is 70.5 Å².